The highest BCUT2D eigenvalue weighted by molar-refractivity contribution is 5.79. The Morgan fingerprint density at radius 3 is 2.48 bits per heavy atom. The molecule has 0 amide bonds. The predicted molar refractivity (Wildman–Crippen MR) is 92.6 cm³/mol. The molecule has 6 fully saturated rings. The van der Waals surface area contributed by atoms with Gasteiger partial charge in [0.1, 0.15) is 11.4 Å². The lowest BCUT2D eigenvalue weighted by atomic mass is 9.39. The Morgan fingerprint density at radius 2 is 1.76 bits per heavy atom. The zero-order valence-electron chi connectivity index (χ0n) is 15.8. The van der Waals surface area contributed by atoms with Crippen molar-refractivity contribution in [3.63, 3.8) is 0 Å². The van der Waals surface area contributed by atoms with Crippen LogP contribution in [0.3, 0.4) is 0 Å². The van der Waals surface area contributed by atoms with Gasteiger partial charge in [-0.2, -0.15) is 0 Å². The molecule has 6 aliphatic rings. The summed E-state index contributed by atoms with van der Waals surface area (Å²) in [5, 5.41) is 22.5. The Bertz CT molecular complexity index is 633. The normalized spacial score (nSPS) is 62.4. The average Bonchev–Trinajstić information content (AvgIpc) is 2.85. The number of carbonyl (C=O) groups excluding carboxylic acids is 1. The van der Waals surface area contributed by atoms with Gasteiger partial charge in [-0.3, -0.25) is 4.79 Å². The molecule has 0 aromatic rings. The van der Waals surface area contributed by atoms with Gasteiger partial charge in [-0.25, -0.2) is 0 Å². The maximum absolute atomic E-state index is 12.3. The van der Waals surface area contributed by atoms with Crippen LogP contribution < -0.4 is 0 Å². The van der Waals surface area contributed by atoms with Gasteiger partial charge in [0.25, 0.3) is 0 Å². The van der Waals surface area contributed by atoms with Crippen molar-refractivity contribution in [2.24, 2.45) is 34.5 Å². The number of fused-ring (bicyclic) bond motifs is 3. The summed E-state index contributed by atoms with van der Waals surface area (Å²) in [5.74, 6) is 0.426. The number of ketones is 1. The summed E-state index contributed by atoms with van der Waals surface area (Å²) in [6, 6.07) is 0. The first-order valence-corrected chi connectivity index (χ1v) is 10.3. The van der Waals surface area contributed by atoms with E-state index >= 15 is 0 Å². The lowest BCUT2D eigenvalue weighted by Crippen LogP contribution is -2.78. The second kappa shape index (κ2) is 4.69. The molecule has 1 spiro atoms. The van der Waals surface area contributed by atoms with Gasteiger partial charge in [0.2, 0.25) is 0 Å². The number of hydrogen-bond donors (Lipinski definition) is 2. The first-order chi connectivity index (χ1) is 11.7. The van der Waals surface area contributed by atoms with E-state index in [0.717, 1.165) is 38.5 Å². The second-order valence-corrected chi connectivity index (χ2v) is 10.4. The van der Waals surface area contributed by atoms with E-state index < -0.39 is 17.5 Å². The lowest BCUT2D eigenvalue weighted by molar-refractivity contribution is -0.436. The standard InChI is InChI=1S/C21H32O4/c1-12(22)14-6-7-15-16-5-4-13-10-20(24)9-8-19(13,3)21(16,25-20)17(23)11-18(14,15)2/h13-17,23-24H,4-11H2,1-3H3. The van der Waals surface area contributed by atoms with Crippen LogP contribution in [0.25, 0.3) is 0 Å². The molecule has 4 heteroatoms. The van der Waals surface area contributed by atoms with E-state index in [1.165, 1.54) is 0 Å². The number of ether oxygens (including phenoxy) is 1. The van der Waals surface area contributed by atoms with Crippen molar-refractivity contribution < 1.29 is 19.7 Å². The third kappa shape index (κ3) is 1.73. The maximum Gasteiger partial charge on any atom is 0.166 e. The highest BCUT2D eigenvalue weighted by Crippen LogP contribution is 2.74. The summed E-state index contributed by atoms with van der Waals surface area (Å²) in [6.07, 6.45) is 6.61. The minimum atomic E-state index is -1.05. The second-order valence-electron chi connectivity index (χ2n) is 10.4. The highest BCUT2D eigenvalue weighted by atomic mass is 16.7. The molecular weight excluding hydrogens is 316 g/mol. The SMILES string of the molecule is CC(=O)C1CCC2C3CCC4CC5(O)CCC4(C)C3(O5)C(O)CC12C. The van der Waals surface area contributed by atoms with Crippen LogP contribution in [-0.2, 0) is 9.53 Å². The van der Waals surface area contributed by atoms with Crippen LogP contribution in [-0.4, -0.2) is 33.5 Å². The van der Waals surface area contributed by atoms with Crippen LogP contribution in [0.15, 0.2) is 0 Å². The zero-order valence-corrected chi connectivity index (χ0v) is 15.8. The quantitative estimate of drug-likeness (QED) is 0.764. The Kier molecular flexibility index (Phi) is 3.13. The fourth-order valence-corrected chi connectivity index (χ4v) is 8.57. The first-order valence-electron chi connectivity index (χ1n) is 10.3. The highest BCUT2D eigenvalue weighted by Gasteiger charge is 2.76. The van der Waals surface area contributed by atoms with Crippen LogP contribution in [0.2, 0.25) is 0 Å². The maximum atomic E-state index is 12.3. The van der Waals surface area contributed by atoms with Crippen LogP contribution in [0.1, 0.15) is 72.1 Å². The van der Waals surface area contributed by atoms with Crippen molar-refractivity contribution in [3.8, 4) is 0 Å². The van der Waals surface area contributed by atoms with Gasteiger partial charge in [0.05, 0.1) is 6.10 Å². The Labute approximate surface area is 150 Å². The van der Waals surface area contributed by atoms with Gasteiger partial charge in [0, 0.05) is 24.2 Å². The van der Waals surface area contributed by atoms with E-state index in [9.17, 15) is 15.0 Å². The van der Waals surface area contributed by atoms with Crippen molar-refractivity contribution in [3.05, 3.63) is 0 Å². The van der Waals surface area contributed by atoms with Gasteiger partial charge >= 0.3 is 0 Å². The molecule has 4 nitrogen and oxygen atoms in total. The van der Waals surface area contributed by atoms with E-state index in [0.29, 0.717) is 24.7 Å². The third-order valence-corrected chi connectivity index (χ3v) is 9.64. The fraction of sp³-hybridized carbons (Fsp3) is 0.952. The molecule has 0 aromatic heterocycles. The van der Waals surface area contributed by atoms with Gasteiger partial charge in [-0.15, -0.1) is 0 Å². The van der Waals surface area contributed by atoms with Crippen molar-refractivity contribution in [2.45, 2.75) is 89.6 Å². The van der Waals surface area contributed by atoms with Crippen LogP contribution in [0.4, 0.5) is 0 Å². The van der Waals surface area contributed by atoms with Crippen molar-refractivity contribution in [1.29, 1.82) is 0 Å². The van der Waals surface area contributed by atoms with E-state index in [4.69, 9.17) is 4.74 Å². The molecule has 9 atom stereocenters. The number of rotatable bonds is 1. The van der Waals surface area contributed by atoms with Gasteiger partial charge in [-0.1, -0.05) is 13.8 Å². The lowest BCUT2D eigenvalue weighted by Gasteiger charge is -2.74. The molecule has 2 N–H and O–H groups in total. The molecule has 0 aromatic carbocycles. The smallest absolute Gasteiger partial charge is 0.166 e. The van der Waals surface area contributed by atoms with E-state index in [1.54, 1.807) is 6.92 Å². The Balaban J connectivity index is 1.63. The third-order valence-electron chi connectivity index (χ3n) is 9.64. The Morgan fingerprint density at radius 1 is 1.04 bits per heavy atom. The van der Waals surface area contributed by atoms with E-state index in [1.807, 2.05) is 0 Å². The molecule has 2 heterocycles. The zero-order chi connectivity index (χ0) is 17.8. The molecule has 4 saturated carbocycles. The Hall–Kier alpha value is -0.450. The molecule has 9 unspecified atom stereocenters. The fourth-order valence-electron chi connectivity index (χ4n) is 8.57. The van der Waals surface area contributed by atoms with Crippen LogP contribution in [0.5, 0.6) is 0 Å². The van der Waals surface area contributed by atoms with Crippen molar-refractivity contribution in [2.75, 3.05) is 0 Å². The number of Topliss-reactive ketones (excluding diaryl/α,β-unsaturated/α-hetero) is 1. The largest absolute Gasteiger partial charge is 0.390 e. The molecule has 140 valence electrons. The molecule has 2 aliphatic heterocycles. The summed E-state index contributed by atoms with van der Waals surface area (Å²) >= 11 is 0. The van der Waals surface area contributed by atoms with Crippen LogP contribution >= 0.6 is 0 Å². The van der Waals surface area contributed by atoms with Gasteiger partial charge < -0.3 is 14.9 Å². The monoisotopic (exact) mass is 348 g/mol. The molecule has 25 heavy (non-hydrogen) atoms. The summed E-state index contributed by atoms with van der Waals surface area (Å²) in [5.41, 5.74) is -0.778. The number of hydrogen-bond acceptors (Lipinski definition) is 4. The molecule has 4 aliphatic carbocycles. The van der Waals surface area contributed by atoms with Gasteiger partial charge in [-0.05, 0) is 68.6 Å². The molecule has 0 radical (unpaired) electrons. The molecule has 4 bridgehead atoms. The number of aliphatic hydroxyl groups is 2. The summed E-state index contributed by atoms with van der Waals surface area (Å²) in [4.78, 5) is 12.3. The topological polar surface area (TPSA) is 66.8 Å². The van der Waals surface area contributed by atoms with Gasteiger partial charge in [0.15, 0.2) is 5.79 Å². The van der Waals surface area contributed by atoms with Crippen LogP contribution in [0, 0.1) is 34.5 Å². The minimum Gasteiger partial charge on any atom is -0.390 e. The molecular formula is C21H32O4. The van der Waals surface area contributed by atoms with E-state index in [-0.39, 0.29) is 28.4 Å². The van der Waals surface area contributed by atoms with E-state index in [2.05, 4.69) is 13.8 Å². The summed E-state index contributed by atoms with van der Waals surface area (Å²) < 4.78 is 6.52. The first kappa shape index (κ1) is 16.7. The minimum absolute atomic E-state index is 0.0462. The number of aliphatic hydroxyl groups excluding tert-OH is 1. The average molecular weight is 348 g/mol. The van der Waals surface area contributed by atoms with Crippen molar-refractivity contribution >= 4 is 5.78 Å². The number of carbonyl (C=O) groups is 1. The summed E-state index contributed by atoms with van der Waals surface area (Å²) in [7, 11) is 0. The summed E-state index contributed by atoms with van der Waals surface area (Å²) in [6.45, 7) is 6.26. The molecule has 6 rings (SSSR count). The molecule has 2 saturated heterocycles. The van der Waals surface area contributed by atoms with Crippen molar-refractivity contribution in [1.82, 2.24) is 0 Å². The predicted octanol–water partition coefficient (Wildman–Crippen LogP) is 3.05.